The van der Waals surface area contributed by atoms with Crippen LogP contribution in [0.4, 0.5) is 0 Å². The van der Waals surface area contributed by atoms with Gasteiger partial charge in [-0.05, 0) is 47.2 Å². The Balaban J connectivity index is 2.21. The van der Waals surface area contributed by atoms with Gasteiger partial charge in [-0.15, -0.1) is 0 Å². The summed E-state index contributed by atoms with van der Waals surface area (Å²) in [5, 5.41) is 3.42. The number of hydrogen-bond acceptors (Lipinski definition) is 2. The van der Waals surface area contributed by atoms with Crippen LogP contribution in [0.5, 0.6) is 0 Å². The molecule has 1 N–H and O–H groups in total. The van der Waals surface area contributed by atoms with Gasteiger partial charge in [-0.2, -0.15) is 0 Å². The van der Waals surface area contributed by atoms with Crippen molar-refractivity contribution in [1.82, 2.24) is 5.32 Å². The minimum absolute atomic E-state index is 0.795. The van der Waals surface area contributed by atoms with E-state index in [0.29, 0.717) is 0 Å². The molecule has 0 aromatic carbocycles. The smallest absolute Gasteiger partial charge is 0.164 e. The molecular weight excluding hydrogens is 289 g/mol. The molecule has 0 amide bonds. The van der Waals surface area contributed by atoms with Crippen molar-refractivity contribution < 1.29 is 4.42 Å². The van der Waals surface area contributed by atoms with E-state index in [9.17, 15) is 0 Å². The molecule has 0 fully saturated rings. The van der Waals surface area contributed by atoms with Crippen molar-refractivity contribution in [1.29, 1.82) is 0 Å². The monoisotopic (exact) mass is 307 g/mol. The lowest BCUT2D eigenvalue weighted by atomic mass is 10.0. The maximum atomic E-state index is 5.46. The first-order valence-electron chi connectivity index (χ1n) is 5.21. The molecular formula is C11H18INO. The fourth-order valence-corrected chi connectivity index (χ4v) is 1.89. The Morgan fingerprint density at radius 2 is 2.07 bits per heavy atom. The number of hydrogen-bond donors (Lipinski definition) is 1. The molecule has 0 bridgehead atoms. The van der Waals surface area contributed by atoms with Gasteiger partial charge in [0.25, 0.3) is 0 Å². The topological polar surface area (TPSA) is 25.2 Å². The largest absolute Gasteiger partial charge is 0.454 e. The zero-order valence-electron chi connectivity index (χ0n) is 8.85. The molecule has 0 aliphatic heterocycles. The van der Waals surface area contributed by atoms with Gasteiger partial charge < -0.3 is 9.73 Å². The van der Waals surface area contributed by atoms with E-state index in [1.807, 2.05) is 12.1 Å². The van der Waals surface area contributed by atoms with Crippen LogP contribution < -0.4 is 5.32 Å². The molecule has 80 valence electrons. The molecule has 1 aromatic rings. The second-order valence-electron chi connectivity index (χ2n) is 3.52. The first kappa shape index (κ1) is 12.0. The lowest BCUT2D eigenvalue weighted by molar-refractivity contribution is 0.416. The van der Waals surface area contributed by atoms with Crippen LogP contribution >= 0.6 is 22.6 Å². The molecule has 0 atom stereocenters. The molecule has 0 aliphatic rings. The maximum Gasteiger partial charge on any atom is 0.164 e. The van der Waals surface area contributed by atoms with Crippen molar-refractivity contribution >= 4 is 22.6 Å². The first-order chi connectivity index (χ1) is 6.76. The summed E-state index contributed by atoms with van der Waals surface area (Å²) < 4.78 is 6.42. The first-order valence-corrected chi connectivity index (χ1v) is 6.29. The zero-order valence-corrected chi connectivity index (χ0v) is 11.0. The van der Waals surface area contributed by atoms with Crippen molar-refractivity contribution in [2.24, 2.45) is 5.92 Å². The van der Waals surface area contributed by atoms with Crippen molar-refractivity contribution in [3.05, 3.63) is 21.7 Å². The summed E-state index contributed by atoms with van der Waals surface area (Å²) in [6.45, 7) is 6.42. The van der Waals surface area contributed by atoms with Gasteiger partial charge in [0.15, 0.2) is 3.77 Å². The Labute approximate surface area is 99.6 Å². The highest BCUT2D eigenvalue weighted by molar-refractivity contribution is 14.1. The van der Waals surface area contributed by atoms with E-state index in [0.717, 1.165) is 28.5 Å². The molecule has 0 unspecified atom stereocenters. The van der Waals surface area contributed by atoms with E-state index in [4.69, 9.17) is 4.42 Å². The average molecular weight is 307 g/mol. The third-order valence-corrected chi connectivity index (χ3v) is 3.10. The van der Waals surface area contributed by atoms with E-state index >= 15 is 0 Å². The van der Waals surface area contributed by atoms with Gasteiger partial charge in [0, 0.05) is 0 Å². The zero-order chi connectivity index (χ0) is 10.4. The van der Waals surface area contributed by atoms with Crippen LogP contribution in [0, 0.1) is 9.68 Å². The van der Waals surface area contributed by atoms with E-state index in [-0.39, 0.29) is 0 Å². The molecule has 0 radical (unpaired) electrons. The average Bonchev–Trinajstić information content (AvgIpc) is 2.59. The second-order valence-corrected chi connectivity index (χ2v) is 4.58. The van der Waals surface area contributed by atoms with Crippen LogP contribution in [-0.2, 0) is 6.54 Å². The van der Waals surface area contributed by atoms with Gasteiger partial charge in [-0.1, -0.05) is 26.7 Å². The molecule has 2 nitrogen and oxygen atoms in total. The molecule has 14 heavy (non-hydrogen) atoms. The number of rotatable bonds is 6. The molecule has 0 aliphatic carbocycles. The predicted molar refractivity (Wildman–Crippen MR) is 67.2 cm³/mol. The Morgan fingerprint density at radius 3 is 2.57 bits per heavy atom. The Morgan fingerprint density at radius 1 is 1.36 bits per heavy atom. The summed E-state index contributed by atoms with van der Waals surface area (Å²) in [5.74, 6) is 1.82. The van der Waals surface area contributed by atoms with Crippen LogP contribution in [0.3, 0.4) is 0 Å². The lowest BCUT2D eigenvalue weighted by Crippen LogP contribution is -2.21. The highest BCUT2D eigenvalue weighted by Crippen LogP contribution is 2.10. The van der Waals surface area contributed by atoms with Crippen LogP contribution in [-0.4, -0.2) is 6.54 Å². The van der Waals surface area contributed by atoms with Crippen LogP contribution in [0.2, 0.25) is 0 Å². The minimum atomic E-state index is 0.795. The summed E-state index contributed by atoms with van der Waals surface area (Å²) in [6.07, 6.45) is 2.50. The van der Waals surface area contributed by atoms with Crippen LogP contribution in [0.25, 0.3) is 0 Å². The van der Waals surface area contributed by atoms with Gasteiger partial charge in [0.2, 0.25) is 0 Å². The fourth-order valence-electron chi connectivity index (χ4n) is 1.42. The van der Waals surface area contributed by atoms with Gasteiger partial charge in [-0.25, -0.2) is 0 Å². The van der Waals surface area contributed by atoms with Crippen molar-refractivity contribution in [3.63, 3.8) is 0 Å². The highest BCUT2D eigenvalue weighted by atomic mass is 127. The van der Waals surface area contributed by atoms with Gasteiger partial charge >= 0.3 is 0 Å². The van der Waals surface area contributed by atoms with Crippen molar-refractivity contribution in [2.45, 2.75) is 33.2 Å². The van der Waals surface area contributed by atoms with Gasteiger partial charge in [0.1, 0.15) is 5.76 Å². The standard InChI is InChI=1S/C11H18INO/c1-3-9(4-2)7-13-8-10-5-6-11(12)14-10/h5-6,9,13H,3-4,7-8H2,1-2H3. The molecule has 3 heteroatoms. The van der Waals surface area contributed by atoms with E-state index in [1.165, 1.54) is 12.8 Å². The molecule has 1 aromatic heterocycles. The Kier molecular flexibility index (Phi) is 5.55. The highest BCUT2D eigenvalue weighted by Gasteiger charge is 2.03. The summed E-state index contributed by atoms with van der Waals surface area (Å²) in [7, 11) is 0. The summed E-state index contributed by atoms with van der Waals surface area (Å²) >= 11 is 2.19. The second kappa shape index (κ2) is 6.45. The summed E-state index contributed by atoms with van der Waals surface area (Å²) in [5.41, 5.74) is 0. The molecule has 0 spiro atoms. The molecule has 0 saturated carbocycles. The Bertz CT molecular complexity index is 256. The van der Waals surface area contributed by atoms with E-state index < -0.39 is 0 Å². The summed E-state index contributed by atoms with van der Waals surface area (Å²) in [6, 6.07) is 4.02. The molecule has 0 saturated heterocycles. The lowest BCUT2D eigenvalue weighted by Gasteiger charge is -2.12. The maximum absolute atomic E-state index is 5.46. The third-order valence-electron chi connectivity index (χ3n) is 2.52. The Hall–Kier alpha value is -0.0300. The third kappa shape index (κ3) is 4.00. The van der Waals surface area contributed by atoms with E-state index in [1.54, 1.807) is 0 Å². The van der Waals surface area contributed by atoms with Gasteiger partial charge in [0.05, 0.1) is 6.54 Å². The molecule has 1 rings (SSSR count). The summed E-state index contributed by atoms with van der Waals surface area (Å²) in [4.78, 5) is 0. The number of halogens is 1. The SMILES string of the molecule is CCC(CC)CNCc1ccc(I)o1. The van der Waals surface area contributed by atoms with Crippen molar-refractivity contribution in [2.75, 3.05) is 6.54 Å². The van der Waals surface area contributed by atoms with Crippen LogP contribution in [0.15, 0.2) is 16.5 Å². The minimum Gasteiger partial charge on any atom is -0.454 e. The predicted octanol–water partition coefficient (Wildman–Crippen LogP) is 3.41. The quantitative estimate of drug-likeness (QED) is 0.815. The number of furan rings is 1. The normalized spacial score (nSPS) is 11.1. The van der Waals surface area contributed by atoms with E-state index in [2.05, 4.69) is 41.8 Å². The fraction of sp³-hybridized carbons (Fsp3) is 0.636. The number of nitrogens with one attached hydrogen (secondary N) is 1. The van der Waals surface area contributed by atoms with Crippen LogP contribution in [0.1, 0.15) is 32.4 Å². The molecule has 1 heterocycles. The van der Waals surface area contributed by atoms with Crippen molar-refractivity contribution in [3.8, 4) is 0 Å². The van der Waals surface area contributed by atoms with Gasteiger partial charge in [-0.3, -0.25) is 0 Å².